The fourth-order valence-electron chi connectivity index (χ4n) is 4.01. The van der Waals surface area contributed by atoms with Gasteiger partial charge in [0.05, 0.1) is 6.20 Å². The van der Waals surface area contributed by atoms with E-state index in [-0.39, 0.29) is 14.3 Å². The molecule has 280 valence electrons. The Bertz CT molecular complexity index is 2450. The molecular weight excluding hydrogens is 677 g/mol. The van der Waals surface area contributed by atoms with E-state index in [0.717, 1.165) is 48.3 Å². The predicted molar refractivity (Wildman–Crippen MR) is 230 cm³/mol. The van der Waals surface area contributed by atoms with Crippen molar-refractivity contribution in [2.45, 2.75) is 32.4 Å². The average Bonchev–Trinajstić information content (AvgIpc) is 3.19. The van der Waals surface area contributed by atoms with Crippen molar-refractivity contribution in [2.24, 2.45) is 21.0 Å². The standard InChI is InChI=1S/C21H25N5O.C21H4.HN5O.10H2/c1-26-10-7-17(8-11-26)27-18-3-5-20(25-14-18)24-13-15-2-4-19-16(12-15)6-9-23-21(19)22;1-3-5-7-9-11-13-15-17-19-21-20-18-16-14-12-10-8-6-4-2;1-2-3-4-5-6;;;;;;;;;;/h2-6,9,12,14,17H,7-8,10-11,13H2,1H3,(H2,22,23)(H,24,25);1H,2H3;1H;10*1H/b;;2-1?,4-3+;;;;;;;;;;. The fraction of sp³-hybridized carbons (Fsp3) is 0.190. The third-order valence-electron chi connectivity index (χ3n) is 6.36. The van der Waals surface area contributed by atoms with E-state index in [1.807, 2.05) is 29.6 Å². The van der Waals surface area contributed by atoms with Crippen LogP contribution in [0, 0.1) is 129 Å². The van der Waals surface area contributed by atoms with Gasteiger partial charge in [0, 0.05) is 62.5 Å². The molecule has 0 radical (unpaired) electrons. The van der Waals surface area contributed by atoms with Crippen LogP contribution in [0.1, 0.15) is 39.6 Å². The second kappa shape index (κ2) is 27.4. The summed E-state index contributed by atoms with van der Waals surface area (Å²) in [5, 5.41) is 14.7. The van der Waals surface area contributed by atoms with Crippen LogP contribution in [0.4, 0.5) is 11.6 Å². The number of likely N-dealkylation sites (tertiary alicyclic amines) is 1. The molecular formula is C42H50N10O2. The first kappa shape index (κ1) is 41.7. The summed E-state index contributed by atoms with van der Waals surface area (Å²) < 4.78 is 6.05. The SMILES string of the molecule is C#CC#CC#CC#CC#CC#CC#CC#CC#CC#CC.CN1CCC(Oc2ccc(NCc3ccc4c(N)nccc4c3)nc2)CC1.N=N/N=N/N=O.[HH].[HH].[HH].[HH].[HH].[HH].[HH].[HH].[HH].[HH]. The van der Waals surface area contributed by atoms with Gasteiger partial charge in [-0.3, -0.25) is 0 Å². The van der Waals surface area contributed by atoms with Gasteiger partial charge in [-0.25, -0.2) is 9.97 Å². The van der Waals surface area contributed by atoms with Gasteiger partial charge in [-0.15, -0.1) is 11.3 Å². The van der Waals surface area contributed by atoms with Crippen LogP contribution in [-0.4, -0.2) is 41.1 Å². The number of ether oxygens (including phenoxy) is 1. The lowest BCUT2D eigenvalue weighted by atomic mass is 10.1. The number of pyridine rings is 2. The Morgan fingerprint density at radius 1 is 0.870 bits per heavy atom. The topological polar surface area (TPSA) is 167 Å². The number of nitrogens with zero attached hydrogens (tertiary/aromatic N) is 7. The Hall–Kier alpha value is -8.46. The second-order valence-corrected chi connectivity index (χ2v) is 9.98. The van der Waals surface area contributed by atoms with Gasteiger partial charge in [-0.2, -0.15) is 5.53 Å². The summed E-state index contributed by atoms with van der Waals surface area (Å²) in [6, 6.07) is 12.1. The van der Waals surface area contributed by atoms with Gasteiger partial charge in [0.15, 0.2) is 0 Å². The molecule has 0 saturated carbocycles. The number of rotatable bonds is 7. The molecule has 1 aromatic carbocycles. The number of nitrogens with two attached hydrogens (primary N) is 1. The van der Waals surface area contributed by atoms with Crippen LogP contribution in [0.5, 0.6) is 5.75 Å². The number of benzene rings is 1. The van der Waals surface area contributed by atoms with Crippen molar-refractivity contribution in [3.8, 4) is 125 Å². The van der Waals surface area contributed by atoms with E-state index in [0.29, 0.717) is 18.5 Å². The number of piperidine rings is 1. The van der Waals surface area contributed by atoms with Gasteiger partial charge in [-0.05, 0) is 167 Å². The minimum absolute atomic E-state index is 0. The van der Waals surface area contributed by atoms with Crippen LogP contribution in [0.2, 0.25) is 0 Å². The zero-order valence-corrected chi connectivity index (χ0v) is 29.3. The molecule has 3 aromatic rings. The third-order valence-corrected chi connectivity index (χ3v) is 6.36. The quantitative estimate of drug-likeness (QED) is 0.0981. The van der Waals surface area contributed by atoms with Gasteiger partial charge in [0.1, 0.15) is 28.8 Å². The number of hydrogen-bond acceptors (Lipinski definition) is 8. The predicted octanol–water partition coefficient (Wildman–Crippen LogP) is 7.49. The number of hydrogen-bond donors (Lipinski definition) is 3. The molecule has 4 rings (SSSR count). The Labute approximate surface area is 330 Å². The number of fused-ring (bicyclic) bond motifs is 1. The third kappa shape index (κ3) is 18.9. The number of anilines is 2. The highest BCUT2D eigenvalue weighted by molar-refractivity contribution is 5.91. The van der Waals surface area contributed by atoms with Crippen LogP contribution >= 0.6 is 0 Å². The summed E-state index contributed by atoms with van der Waals surface area (Å²) in [4.78, 5) is 19.8. The molecule has 12 heteroatoms. The minimum Gasteiger partial charge on any atom is -0.489 e. The highest BCUT2D eigenvalue weighted by Crippen LogP contribution is 2.22. The van der Waals surface area contributed by atoms with E-state index < -0.39 is 0 Å². The molecule has 0 atom stereocenters. The van der Waals surface area contributed by atoms with Crippen molar-refractivity contribution in [2.75, 3.05) is 31.2 Å². The summed E-state index contributed by atoms with van der Waals surface area (Å²) >= 11 is 0. The molecule has 0 spiro atoms. The second-order valence-electron chi connectivity index (χ2n) is 9.98. The maximum atomic E-state index is 8.91. The van der Waals surface area contributed by atoms with Crippen molar-refractivity contribution in [1.82, 2.24) is 14.9 Å². The summed E-state index contributed by atoms with van der Waals surface area (Å²) in [7, 11) is 2.15. The van der Waals surface area contributed by atoms with E-state index in [4.69, 9.17) is 27.3 Å². The smallest absolute Gasteiger partial charge is 0.138 e. The van der Waals surface area contributed by atoms with Gasteiger partial charge in [0.2, 0.25) is 0 Å². The maximum absolute atomic E-state index is 8.91. The lowest BCUT2D eigenvalue weighted by Crippen LogP contribution is -2.35. The Kier molecular flexibility index (Phi) is 21.1. The molecule has 1 aliphatic heterocycles. The Balaban J connectivity index is -0.000000107. The summed E-state index contributed by atoms with van der Waals surface area (Å²) in [6.07, 6.45) is 10.9. The molecule has 1 fully saturated rings. The first-order valence-corrected chi connectivity index (χ1v) is 15.6. The number of aromatic nitrogens is 2. The maximum Gasteiger partial charge on any atom is 0.138 e. The van der Waals surface area contributed by atoms with Crippen LogP contribution < -0.4 is 15.8 Å². The van der Waals surface area contributed by atoms with Gasteiger partial charge in [-0.1, -0.05) is 18.1 Å². The molecule has 0 amide bonds. The lowest BCUT2D eigenvalue weighted by Gasteiger charge is -2.29. The number of nitroso groups, excluding NO2 is 1. The van der Waals surface area contributed by atoms with Crippen molar-refractivity contribution < 1.29 is 19.0 Å². The molecule has 0 aliphatic carbocycles. The van der Waals surface area contributed by atoms with E-state index in [9.17, 15) is 0 Å². The zero-order chi connectivity index (χ0) is 38.9. The lowest BCUT2D eigenvalue weighted by molar-refractivity contribution is 0.114. The van der Waals surface area contributed by atoms with Crippen molar-refractivity contribution >= 4 is 22.4 Å². The molecule has 3 heterocycles. The van der Waals surface area contributed by atoms with Crippen LogP contribution in [0.3, 0.4) is 0 Å². The van der Waals surface area contributed by atoms with Crippen LogP contribution in [-0.2, 0) is 6.54 Å². The van der Waals surface area contributed by atoms with Crippen LogP contribution in [0.15, 0.2) is 69.7 Å². The van der Waals surface area contributed by atoms with E-state index in [1.54, 1.807) is 19.3 Å². The Morgan fingerprint density at radius 2 is 1.46 bits per heavy atom. The largest absolute Gasteiger partial charge is 0.489 e. The van der Waals surface area contributed by atoms with E-state index in [2.05, 4.69) is 168 Å². The molecule has 1 saturated heterocycles. The molecule has 0 bridgehead atoms. The number of terminal acetylenes is 1. The molecule has 54 heavy (non-hydrogen) atoms. The first-order valence-electron chi connectivity index (χ1n) is 15.6. The molecule has 2 aromatic heterocycles. The van der Waals surface area contributed by atoms with E-state index in [1.165, 1.54) is 5.56 Å². The summed E-state index contributed by atoms with van der Waals surface area (Å²) in [6.45, 7) is 4.57. The molecule has 1 aliphatic rings. The number of nitrogen functional groups attached to an aromatic ring is 1. The normalized spacial score (nSPS) is 10.3. The van der Waals surface area contributed by atoms with Gasteiger partial charge < -0.3 is 20.7 Å². The van der Waals surface area contributed by atoms with E-state index >= 15 is 0 Å². The fourth-order valence-corrected chi connectivity index (χ4v) is 4.01. The minimum atomic E-state index is 0. The molecule has 12 nitrogen and oxygen atoms in total. The van der Waals surface area contributed by atoms with Gasteiger partial charge in [0.25, 0.3) is 0 Å². The highest BCUT2D eigenvalue weighted by Gasteiger charge is 2.18. The Morgan fingerprint density at radius 3 is 1.96 bits per heavy atom. The first-order chi connectivity index (χ1) is 26.5. The zero-order valence-electron chi connectivity index (χ0n) is 29.3. The average molecular weight is 727 g/mol. The number of nitrogens with one attached hydrogen (secondary N) is 2. The summed E-state index contributed by atoms with van der Waals surface area (Å²) in [5.41, 5.74) is 12.9. The monoisotopic (exact) mass is 726 g/mol. The van der Waals surface area contributed by atoms with Crippen LogP contribution in [0.25, 0.3) is 10.8 Å². The summed E-state index contributed by atoms with van der Waals surface area (Å²) in [5.74, 6) is 49.1. The highest BCUT2D eigenvalue weighted by atomic mass is 16.5. The van der Waals surface area contributed by atoms with Crippen molar-refractivity contribution in [1.29, 1.82) is 5.53 Å². The van der Waals surface area contributed by atoms with Gasteiger partial charge >= 0.3 is 0 Å². The molecule has 0 unspecified atom stereocenters. The van der Waals surface area contributed by atoms with Crippen molar-refractivity contribution in [3.05, 3.63) is 59.3 Å². The molecule has 4 N–H and O–H groups in total. The van der Waals surface area contributed by atoms with Crippen molar-refractivity contribution in [3.63, 3.8) is 0 Å².